The van der Waals surface area contributed by atoms with E-state index < -0.39 is 5.82 Å². The summed E-state index contributed by atoms with van der Waals surface area (Å²) >= 11 is 2.92. The second-order valence-electron chi connectivity index (χ2n) is 1.58. The van der Waals surface area contributed by atoms with E-state index in [0.29, 0.717) is 4.47 Å². The van der Waals surface area contributed by atoms with Crippen LogP contribution in [-0.2, 0) is 0 Å². The Morgan fingerprint density at radius 2 is 2.11 bits per heavy atom. The minimum atomic E-state index is -0.512. The molecular weight excluding hydrogens is 187 g/mol. The standard InChI is InChI=1S/C6H4BrFO/c7-5-2-1-4(9)3-6(5)8/h1-3,9H/p-1. The van der Waals surface area contributed by atoms with Crippen molar-refractivity contribution in [3.05, 3.63) is 28.5 Å². The smallest absolute Gasteiger partial charge is 0.136 e. The van der Waals surface area contributed by atoms with Gasteiger partial charge in [0.1, 0.15) is 5.82 Å². The van der Waals surface area contributed by atoms with Gasteiger partial charge in [0.05, 0.1) is 4.47 Å². The maximum absolute atomic E-state index is 12.3. The predicted octanol–water partition coefficient (Wildman–Crippen LogP) is 1.66. The first-order valence-electron chi connectivity index (χ1n) is 2.32. The zero-order chi connectivity index (χ0) is 6.85. The van der Waals surface area contributed by atoms with E-state index in [1.807, 2.05) is 0 Å². The average molecular weight is 190 g/mol. The van der Waals surface area contributed by atoms with Gasteiger partial charge >= 0.3 is 0 Å². The lowest BCUT2D eigenvalue weighted by Crippen LogP contribution is -1.89. The van der Waals surface area contributed by atoms with Gasteiger partial charge in [-0.3, -0.25) is 0 Å². The summed E-state index contributed by atoms with van der Waals surface area (Å²) in [5, 5.41) is 10.4. The molecule has 1 nitrogen and oxygen atoms in total. The van der Waals surface area contributed by atoms with Crippen molar-refractivity contribution in [2.75, 3.05) is 0 Å². The highest BCUT2D eigenvalue weighted by Gasteiger charge is 1.92. The average Bonchev–Trinajstić information content (AvgIpc) is 1.80. The second-order valence-corrected chi connectivity index (χ2v) is 2.43. The van der Waals surface area contributed by atoms with Crippen molar-refractivity contribution < 1.29 is 9.50 Å². The van der Waals surface area contributed by atoms with Crippen LogP contribution in [0.3, 0.4) is 0 Å². The van der Waals surface area contributed by atoms with Crippen molar-refractivity contribution in [2.45, 2.75) is 0 Å². The Hall–Kier alpha value is -0.570. The Balaban J connectivity index is 3.17. The van der Waals surface area contributed by atoms with Crippen LogP contribution in [0.1, 0.15) is 0 Å². The highest BCUT2D eigenvalue weighted by molar-refractivity contribution is 9.10. The molecule has 0 saturated carbocycles. The molecule has 0 unspecified atom stereocenters. The molecule has 0 heterocycles. The van der Waals surface area contributed by atoms with Crippen LogP contribution in [0.5, 0.6) is 5.75 Å². The van der Waals surface area contributed by atoms with Gasteiger partial charge < -0.3 is 5.11 Å². The molecule has 0 aliphatic heterocycles. The maximum Gasteiger partial charge on any atom is 0.136 e. The highest BCUT2D eigenvalue weighted by atomic mass is 79.9. The Morgan fingerprint density at radius 3 is 2.56 bits per heavy atom. The molecule has 0 spiro atoms. The molecular formula is C6H3BrFO-. The molecule has 0 atom stereocenters. The largest absolute Gasteiger partial charge is 0.872 e. The molecule has 1 aromatic rings. The van der Waals surface area contributed by atoms with Crippen LogP contribution in [0.25, 0.3) is 0 Å². The summed E-state index contributed by atoms with van der Waals surface area (Å²) in [6.07, 6.45) is 0. The third-order valence-corrected chi connectivity index (χ3v) is 1.53. The molecule has 0 amide bonds. The molecule has 1 rings (SSSR count). The van der Waals surface area contributed by atoms with E-state index in [2.05, 4.69) is 15.9 Å². The van der Waals surface area contributed by atoms with Gasteiger partial charge in [-0.05, 0) is 28.1 Å². The number of hydrogen-bond donors (Lipinski definition) is 0. The molecule has 0 radical (unpaired) electrons. The summed E-state index contributed by atoms with van der Waals surface area (Å²) in [4.78, 5) is 0. The summed E-state index contributed by atoms with van der Waals surface area (Å²) < 4.78 is 12.7. The molecule has 0 aliphatic rings. The summed E-state index contributed by atoms with van der Waals surface area (Å²) in [5.74, 6) is -0.821. The van der Waals surface area contributed by atoms with Gasteiger partial charge in [-0.25, -0.2) is 4.39 Å². The van der Waals surface area contributed by atoms with Gasteiger partial charge in [0.25, 0.3) is 0 Å². The number of benzene rings is 1. The highest BCUT2D eigenvalue weighted by Crippen LogP contribution is 2.17. The van der Waals surface area contributed by atoms with Crippen LogP contribution in [0.4, 0.5) is 4.39 Å². The van der Waals surface area contributed by atoms with Crippen LogP contribution in [0.2, 0.25) is 0 Å². The van der Waals surface area contributed by atoms with Crippen LogP contribution < -0.4 is 5.11 Å². The third kappa shape index (κ3) is 1.42. The predicted molar refractivity (Wildman–Crippen MR) is 33.5 cm³/mol. The topological polar surface area (TPSA) is 23.1 Å². The summed E-state index contributed by atoms with van der Waals surface area (Å²) in [6.45, 7) is 0. The Morgan fingerprint density at radius 1 is 1.44 bits per heavy atom. The number of rotatable bonds is 0. The molecule has 0 N–H and O–H groups in total. The fourth-order valence-corrected chi connectivity index (χ4v) is 0.723. The first-order valence-corrected chi connectivity index (χ1v) is 3.11. The van der Waals surface area contributed by atoms with Gasteiger partial charge in [-0.1, -0.05) is 6.07 Å². The Labute approximate surface area is 60.3 Å². The molecule has 0 bridgehead atoms. The van der Waals surface area contributed by atoms with Gasteiger partial charge in [0.15, 0.2) is 0 Å². The van der Waals surface area contributed by atoms with Crippen molar-refractivity contribution in [2.24, 2.45) is 0 Å². The maximum atomic E-state index is 12.3. The lowest BCUT2D eigenvalue weighted by atomic mass is 10.3. The van der Waals surface area contributed by atoms with Crippen LogP contribution >= 0.6 is 15.9 Å². The number of hydrogen-bond acceptors (Lipinski definition) is 1. The van der Waals surface area contributed by atoms with E-state index >= 15 is 0 Å². The lowest BCUT2D eigenvalue weighted by molar-refractivity contribution is -0.268. The SMILES string of the molecule is [O-]c1ccc(Br)c(F)c1. The molecule has 9 heavy (non-hydrogen) atoms. The summed E-state index contributed by atoms with van der Waals surface area (Å²) in [7, 11) is 0. The van der Waals surface area contributed by atoms with Crippen LogP contribution in [0.15, 0.2) is 22.7 Å². The lowest BCUT2D eigenvalue weighted by Gasteiger charge is -2.03. The first kappa shape index (κ1) is 6.55. The van der Waals surface area contributed by atoms with Crippen LogP contribution in [0, 0.1) is 5.82 Å². The van der Waals surface area contributed by atoms with E-state index in [1.165, 1.54) is 12.1 Å². The molecule has 1 aromatic carbocycles. The molecule has 48 valence electrons. The fraction of sp³-hybridized carbons (Fsp3) is 0. The van der Waals surface area contributed by atoms with Crippen molar-refractivity contribution in [1.29, 1.82) is 0 Å². The molecule has 0 aromatic heterocycles. The van der Waals surface area contributed by atoms with E-state index in [-0.39, 0.29) is 5.75 Å². The minimum absolute atomic E-state index is 0.310. The van der Waals surface area contributed by atoms with Crippen molar-refractivity contribution >= 4 is 15.9 Å². The second kappa shape index (κ2) is 2.35. The van der Waals surface area contributed by atoms with E-state index in [0.717, 1.165) is 6.07 Å². The number of halogens is 2. The van der Waals surface area contributed by atoms with Crippen molar-refractivity contribution in [3.63, 3.8) is 0 Å². The molecule has 3 heteroatoms. The molecule has 0 saturated heterocycles. The monoisotopic (exact) mass is 189 g/mol. The summed E-state index contributed by atoms with van der Waals surface area (Å²) in [5.41, 5.74) is 0. The van der Waals surface area contributed by atoms with Gasteiger partial charge in [-0.15, -0.1) is 5.75 Å². The first-order chi connectivity index (χ1) is 4.20. The van der Waals surface area contributed by atoms with Crippen molar-refractivity contribution in [3.8, 4) is 5.75 Å². The minimum Gasteiger partial charge on any atom is -0.872 e. The zero-order valence-corrected chi connectivity index (χ0v) is 5.98. The third-order valence-electron chi connectivity index (χ3n) is 0.891. The fourth-order valence-electron chi connectivity index (χ4n) is 0.477. The van der Waals surface area contributed by atoms with E-state index in [1.54, 1.807) is 0 Å². The Bertz CT molecular complexity index is 224. The van der Waals surface area contributed by atoms with Gasteiger partial charge in [-0.2, -0.15) is 0 Å². The van der Waals surface area contributed by atoms with E-state index in [4.69, 9.17) is 0 Å². The molecule has 0 fully saturated rings. The summed E-state index contributed by atoms with van der Waals surface area (Å²) in [6, 6.07) is 3.62. The van der Waals surface area contributed by atoms with Crippen LogP contribution in [-0.4, -0.2) is 0 Å². The zero-order valence-electron chi connectivity index (χ0n) is 4.40. The molecule has 0 aliphatic carbocycles. The van der Waals surface area contributed by atoms with Crippen molar-refractivity contribution in [1.82, 2.24) is 0 Å². The van der Waals surface area contributed by atoms with E-state index in [9.17, 15) is 9.50 Å². The van der Waals surface area contributed by atoms with Gasteiger partial charge in [0.2, 0.25) is 0 Å². The quantitative estimate of drug-likeness (QED) is 0.609. The normalized spacial score (nSPS) is 9.56. The van der Waals surface area contributed by atoms with Gasteiger partial charge in [0, 0.05) is 0 Å². The Kier molecular flexibility index (Phi) is 1.71.